The number of nitrogens with zero attached hydrogens (tertiary/aromatic N) is 3. The van der Waals surface area contributed by atoms with Gasteiger partial charge in [0.05, 0.1) is 21.5 Å². The zero-order valence-electron chi connectivity index (χ0n) is 12.2. The van der Waals surface area contributed by atoms with Crippen LogP contribution in [-0.4, -0.2) is 19.5 Å². The van der Waals surface area contributed by atoms with Gasteiger partial charge in [0.15, 0.2) is 5.82 Å². The molecule has 23 heavy (non-hydrogen) atoms. The van der Waals surface area contributed by atoms with Crippen LogP contribution >= 0.6 is 23.6 Å². The van der Waals surface area contributed by atoms with Crippen molar-refractivity contribution in [2.24, 2.45) is 0 Å². The van der Waals surface area contributed by atoms with Crippen LogP contribution in [0.15, 0.2) is 65.5 Å². The van der Waals surface area contributed by atoms with E-state index in [4.69, 9.17) is 17.2 Å². The van der Waals surface area contributed by atoms with E-state index in [1.165, 1.54) is 5.56 Å². The van der Waals surface area contributed by atoms with E-state index >= 15 is 0 Å². The normalized spacial score (nSPS) is 11.0. The maximum Gasteiger partial charge on any atom is 0.165 e. The third-order valence-electron chi connectivity index (χ3n) is 3.67. The number of thiazole rings is 1. The van der Waals surface area contributed by atoms with Crippen molar-refractivity contribution in [3.05, 3.63) is 71.1 Å². The highest BCUT2D eigenvalue weighted by molar-refractivity contribution is 7.80. The molecule has 3 nitrogen and oxygen atoms in total. The van der Waals surface area contributed by atoms with Gasteiger partial charge in [-0.3, -0.25) is 4.57 Å². The van der Waals surface area contributed by atoms with Crippen molar-refractivity contribution in [1.82, 2.24) is 14.5 Å². The first kappa shape index (κ1) is 14.2. The highest BCUT2D eigenvalue weighted by atomic mass is 32.1. The van der Waals surface area contributed by atoms with Crippen molar-refractivity contribution in [3.63, 3.8) is 0 Å². The molecular formula is C18H13N3S2. The Balaban J connectivity index is 1.84. The van der Waals surface area contributed by atoms with Crippen LogP contribution < -0.4 is 0 Å². The maximum atomic E-state index is 5.74. The molecule has 0 aliphatic rings. The van der Waals surface area contributed by atoms with Crippen LogP contribution in [0.1, 0.15) is 5.56 Å². The van der Waals surface area contributed by atoms with Crippen molar-refractivity contribution in [2.45, 2.75) is 6.42 Å². The van der Waals surface area contributed by atoms with E-state index in [1.54, 1.807) is 11.3 Å². The van der Waals surface area contributed by atoms with Crippen LogP contribution in [-0.2, 0) is 6.42 Å². The Bertz CT molecular complexity index is 957. The largest absolute Gasteiger partial charge is 0.285 e. The highest BCUT2D eigenvalue weighted by Crippen LogP contribution is 2.25. The van der Waals surface area contributed by atoms with Crippen LogP contribution in [0, 0.1) is 0 Å². The lowest BCUT2D eigenvalue weighted by atomic mass is 10.1. The molecule has 0 radical (unpaired) electrons. The molecule has 0 atom stereocenters. The molecule has 5 heteroatoms. The summed E-state index contributed by atoms with van der Waals surface area (Å²) < 4.78 is 2.05. The minimum atomic E-state index is 0.702. The summed E-state index contributed by atoms with van der Waals surface area (Å²) in [5.41, 5.74) is 5.84. The fraction of sp³-hybridized carbons (Fsp3) is 0.0556. The number of aromatic nitrogens is 3. The van der Waals surface area contributed by atoms with E-state index < -0.39 is 0 Å². The lowest BCUT2D eigenvalue weighted by Crippen LogP contribution is -2.13. The number of hydrogen-bond acceptors (Lipinski definition) is 4. The van der Waals surface area contributed by atoms with Gasteiger partial charge in [-0.25, -0.2) is 9.97 Å². The number of imidazole rings is 1. The third kappa shape index (κ3) is 2.69. The number of hydrogen-bond donors (Lipinski definition) is 0. The van der Waals surface area contributed by atoms with E-state index in [-0.39, 0.29) is 0 Å². The molecule has 2 aromatic heterocycles. The summed E-state index contributed by atoms with van der Waals surface area (Å²) >= 11 is 7.30. The lowest BCUT2D eigenvalue weighted by molar-refractivity contribution is 1.13. The van der Waals surface area contributed by atoms with Crippen molar-refractivity contribution in [2.75, 3.05) is 0 Å². The fourth-order valence-corrected chi connectivity index (χ4v) is 3.50. The summed E-state index contributed by atoms with van der Waals surface area (Å²) in [5.74, 6) is 0.813. The molecule has 4 rings (SSSR count). The van der Waals surface area contributed by atoms with E-state index in [0.717, 1.165) is 27.5 Å². The second kappa shape index (κ2) is 6.02. The summed E-state index contributed by atoms with van der Waals surface area (Å²) in [5, 5.41) is 2.00. The van der Waals surface area contributed by atoms with Gasteiger partial charge in [-0.05, 0) is 17.7 Å². The van der Waals surface area contributed by atoms with Gasteiger partial charge in [0, 0.05) is 11.8 Å². The van der Waals surface area contributed by atoms with Crippen LogP contribution in [0.4, 0.5) is 0 Å². The molecule has 0 bridgehead atoms. The molecular weight excluding hydrogens is 322 g/mol. The van der Waals surface area contributed by atoms with E-state index in [9.17, 15) is 0 Å². The van der Waals surface area contributed by atoms with Crippen molar-refractivity contribution in [1.29, 1.82) is 0 Å². The van der Waals surface area contributed by atoms with Gasteiger partial charge < -0.3 is 0 Å². The molecule has 2 aromatic carbocycles. The number of fused-ring (bicyclic) bond motifs is 1. The first-order chi connectivity index (χ1) is 11.3. The summed E-state index contributed by atoms with van der Waals surface area (Å²) in [7, 11) is 0. The lowest BCUT2D eigenvalue weighted by Gasteiger charge is -2.09. The molecule has 0 aliphatic carbocycles. The van der Waals surface area contributed by atoms with Gasteiger partial charge in [0.25, 0.3) is 0 Å². The molecule has 4 aromatic rings. The van der Waals surface area contributed by atoms with E-state index in [2.05, 4.69) is 23.2 Å². The smallest absolute Gasteiger partial charge is 0.165 e. The molecule has 0 fully saturated rings. The Morgan fingerprint density at radius 2 is 1.83 bits per heavy atom. The monoisotopic (exact) mass is 335 g/mol. The Hall–Kier alpha value is -2.37. The summed E-state index contributed by atoms with van der Waals surface area (Å²) in [6.45, 7) is 0. The molecule has 0 aliphatic heterocycles. The Morgan fingerprint density at radius 3 is 2.61 bits per heavy atom. The Kier molecular flexibility index (Phi) is 3.73. The quantitative estimate of drug-likeness (QED) is 0.514. The maximum absolute atomic E-state index is 5.74. The zero-order valence-corrected chi connectivity index (χ0v) is 13.8. The van der Waals surface area contributed by atoms with E-state index in [1.807, 2.05) is 51.9 Å². The SMILES string of the molecule is S=C(Cc1ccccc1)n1c(-c2cscn2)nc2ccccc21. The van der Waals surface area contributed by atoms with Crippen LogP contribution in [0.2, 0.25) is 0 Å². The standard InChI is InChI=1S/C18H13N3S2/c22-17(10-13-6-2-1-3-7-13)21-16-9-5-4-8-14(16)20-18(21)15-11-23-12-19-15/h1-9,11-12H,10H2. The third-order valence-corrected chi connectivity index (χ3v) is 4.58. The summed E-state index contributed by atoms with van der Waals surface area (Å²) in [6.07, 6.45) is 0.702. The van der Waals surface area contributed by atoms with Gasteiger partial charge in [0.1, 0.15) is 5.69 Å². The van der Waals surface area contributed by atoms with Crippen molar-refractivity contribution < 1.29 is 0 Å². The first-order valence-corrected chi connectivity index (χ1v) is 8.61. The van der Waals surface area contributed by atoms with Gasteiger partial charge in [-0.15, -0.1) is 11.3 Å². The summed E-state index contributed by atoms with van der Waals surface area (Å²) in [6, 6.07) is 18.3. The topological polar surface area (TPSA) is 30.7 Å². The van der Waals surface area contributed by atoms with Gasteiger partial charge in [0.2, 0.25) is 0 Å². The summed E-state index contributed by atoms with van der Waals surface area (Å²) in [4.78, 5) is 9.97. The number of benzene rings is 2. The zero-order chi connectivity index (χ0) is 15.6. The van der Waals surface area contributed by atoms with Gasteiger partial charge in [-0.2, -0.15) is 0 Å². The molecule has 2 heterocycles. The molecule has 0 N–H and O–H groups in total. The number of para-hydroxylation sites is 2. The molecule has 112 valence electrons. The number of thiocarbonyl (C=S) groups is 1. The predicted molar refractivity (Wildman–Crippen MR) is 99.0 cm³/mol. The highest BCUT2D eigenvalue weighted by Gasteiger charge is 2.17. The van der Waals surface area contributed by atoms with Crippen LogP contribution in [0.3, 0.4) is 0 Å². The molecule has 0 saturated carbocycles. The Morgan fingerprint density at radius 1 is 1.04 bits per heavy atom. The molecule has 0 unspecified atom stereocenters. The second-order valence-electron chi connectivity index (χ2n) is 5.19. The Labute approximate surface area is 143 Å². The average Bonchev–Trinajstić information content (AvgIpc) is 3.23. The van der Waals surface area contributed by atoms with E-state index in [0.29, 0.717) is 6.42 Å². The average molecular weight is 335 g/mol. The molecule has 0 saturated heterocycles. The van der Waals surface area contributed by atoms with Crippen molar-refractivity contribution >= 4 is 39.6 Å². The second-order valence-corrected chi connectivity index (χ2v) is 6.38. The minimum Gasteiger partial charge on any atom is -0.285 e. The first-order valence-electron chi connectivity index (χ1n) is 7.26. The fourth-order valence-electron chi connectivity index (χ4n) is 2.62. The molecule has 0 amide bonds. The van der Waals surface area contributed by atoms with Gasteiger partial charge >= 0.3 is 0 Å². The number of rotatable bonds is 3. The van der Waals surface area contributed by atoms with Crippen LogP contribution in [0.25, 0.3) is 22.6 Å². The molecule has 0 spiro atoms. The minimum absolute atomic E-state index is 0.702. The van der Waals surface area contributed by atoms with Crippen LogP contribution in [0.5, 0.6) is 0 Å². The van der Waals surface area contributed by atoms with Gasteiger partial charge in [-0.1, -0.05) is 54.7 Å². The van der Waals surface area contributed by atoms with Crippen molar-refractivity contribution in [3.8, 4) is 11.5 Å². The predicted octanol–water partition coefficient (Wildman–Crippen LogP) is 4.58.